The van der Waals surface area contributed by atoms with Crippen LogP contribution in [0.4, 0.5) is 0 Å². The van der Waals surface area contributed by atoms with Crippen LogP contribution in [0.25, 0.3) is 0 Å². The van der Waals surface area contributed by atoms with Crippen LogP contribution in [0.1, 0.15) is 17.3 Å². The molecule has 1 aromatic rings. The number of rotatable bonds is 4. The SMILES string of the molecule is COCC(C)OC(=O)c1ccc(Cl)nc1. The fourth-order valence-corrected chi connectivity index (χ4v) is 1.13. The molecule has 0 spiro atoms. The fraction of sp³-hybridized carbons (Fsp3) is 0.400. The van der Waals surface area contributed by atoms with Crippen molar-refractivity contribution in [3.8, 4) is 0 Å². The molecule has 0 radical (unpaired) electrons. The predicted octanol–water partition coefficient (Wildman–Crippen LogP) is 1.93. The standard InChI is InChI=1S/C10H12ClNO3/c1-7(6-14-2)15-10(13)8-3-4-9(11)12-5-8/h3-5,7H,6H2,1-2H3. The molecule has 0 aromatic carbocycles. The van der Waals surface area contributed by atoms with Gasteiger partial charge < -0.3 is 9.47 Å². The molecule has 1 atom stereocenters. The number of aromatic nitrogens is 1. The zero-order valence-electron chi connectivity index (χ0n) is 8.57. The summed E-state index contributed by atoms with van der Waals surface area (Å²) in [5, 5.41) is 0.344. The number of carbonyl (C=O) groups is 1. The summed E-state index contributed by atoms with van der Waals surface area (Å²) in [7, 11) is 1.55. The third-order valence-corrected chi connectivity index (χ3v) is 1.90. The number of halogens is 1. The van der Waals surface area contributed by atoms with E-state index in [0.717, 1.165) is 0 Å². The second-order valence-corrected chi connectivity index (χ2v) is 3.43. The van der Waals surface area contributed by atoms with E-state index in [-0.39, 0.29) is 6.10 Å². The number of hydrogen-bond acceptors (Lipinski definition) is 4. The van der Waals surface area contributed by atoms with Crippen molar-refractivity contribution in [1.82, 2.24) is 4.98 Å². The van der Waals surface area contributed by atoms with Crippen molar-refractivity contribution in [3.05, 3.63) is 29.0 Å². The summed E-state index contributed by atoms with van der Waals surface area (Å²) < 4.78 is 9.92. The molecule has 1 aromatic heterocycles. The van der Waals surface area contributed by atoms with Gasteiger partial charge in [0.25, 0.3) is 0 Å². The largest absolute Gasteiger partial charge is 0.457 e. The van der Waals surface area contributed by atoms with E-state index < -0.39 is 5.97 Å². The van der Waals surface area contributed by atoms with Crippen LogP contribution in [0.2, 0.25) is 5.15 Å². The minimum absolute atomic E-state index is 0.279. The summed E-state index contributed by atoms with van der Waals surface area (Å²) in [4.78, 5) is 15.3. The second-order valence-electron chi connectivity index (χ2n) is 3.04. The lowest BCUT2D eigenvalue weighted by molar-refractivity contribution is 0.0120. The molecule has 0 saturated carbocycles. The number of nitrogens with zero attached hydrogens (tertiary/aromatic N) is 1. The van der Waals surface area contributed by atoms with E-state index in [9.17, 15) is 4.79 Å². The molecular weight excluding hydrogens is 218 g/mol. The first-order chi connectivity index (χ1) is 7.13. The molecule has 0 N–H and O–H groups in total. The first-order valence-corrected chi connectivity index (χ1v) is 4.82. The minimum atomic E-state index is -0.427. The Morgan fingerprint density at radius 1 is 1.60 bits per heavy atom. The minimum Gasteiger partial charge on any atom is -0.457 e. The summed E-state index contributed by atoms with van der Waals surface area (Å²) in [6.45, 7) is 2.12. The van der Waals surface area contributed by atoms with Crippen molar-refractivity contribution >= 4 is 17.6 Å². The van der Waals surface area contributed by atoms with Gasteiger partial charge >= 0.3 is 5.97 Å². The number of hydrogen-bond donors (Lipinski definition) is 0. The van der Waals surface area contributed by atoms with Gasteiger partial charge in [-0.15, -0.1) is 0 Å². The number of esters is 1. The molecule has 0 saturated heterocycles. The number of methoxy groups -OCH3 is 1. The van der Waals surface area contributed by atoms with Crippen molar-refractivity contribution in [1.29, 1.82) is 0 Å². The molecule has 0 aliphatic heterocycles. The Morgan fingerprint density at radius 3 is 2.87 bits per heavy atom. The molecule has 5 heteroatoms. The van der Waals surface area contributed by atoms with Crippen LogP contribution in [-0.4, -0.2) is 30.8 Å². The number of pyridine rings is 1. The average Bonchev–Trinajstić information content (AvgIpc) is 2.18. The summed E-state index contributed by atoms with van der Waals surface area (Å²) in [5.74, 6) is -0.427. The lowest BCUT2D eigenvalue weighted by Gasteiger charge is -2.11. The molecule has 0 bridgehead atoms. The van der Waals surface area contributed by atoms with E-state index >= 15 is 0 Å². The van der Waals surface area contributed by atoms with Gasteiger partial charge in [0.2, 0.25) is 0 Å². The van der Waals surface area contributed by atoms with E-state index in [4.69, 9.17) is 21.1 Å². The van der Waals surface area contributed by atoms with Crippen LogP contribution < -0.4 is 0 Å². The van der Waals surface area contributed by atoms with Crippen LogP contribution in [0.3, 0.4) is 0 Å². The van der Waals surface area contributed by atoms with Gasteiger partial charge in [0, 0.05) is 13.3 Å². The Bertz CT molecular complexity index is 326. The van der Waals surface area contributed by atoms with Crippen molar-refractivity contribution in [2.45, 2.75) is 13.0 Å². The van der Waals surface area contributed by atoms with Crippen LogP contribution in [0, 0.1) is 0 Å². The highest BCUT2D eigenvalue weighted by molar-refractivity contribution is 6.29. The van der Waals surface area contributed by atoms with E-state index in [1.165, 1.54) is 6.20 Å². The molecule has 1 heterocycles. The molecule has 15 heavy (non-hydrogen) atoms. The Labute approximate surface area is 93.2 Å². The Kier molecular flexibility index (Phi) is 4.52. The molecule has 1 unspecified atom stereocenters. The first kappa shape index (κ1) is 11.9. The van der Waals surface area contributed by atoms with Gasteiger partial charge in [-0.3, -0.25) is 0 Å². The van der Waals surface area contributed by atoms with Gasteiger partial charge in [0.05, 0.1) is 12.2 Å². The number of carbonyl (C=O) groups excluding carboxylic acids is 1. The highest BCUT2D eigenvalue weighted by Crippen LogP contribution is 2.07. The van der Waals surface area contributed by atoms with Crippen LogP contribution >= 0.6 is 11.6 Å². The lowest BCUT2D eigenvalue weighted by Crippen LogP contribution is -2.19. The van der Waals surface area contributed by atoms with Crippen molar-refractivity contribution < 1.29 is 14.3 Å². The Hall–Kier alpha value is -1.13. The van der Waals surface area contributed by atoms with E-state index in [0.29, 0.717) is 17.3 Å². The monoisotopic (exact) mass is 229 g/mol. The van der Waals surface area contributed by atoms with Crippen molar-refractivity contribution in [2.24, 2.45) is 0 Å². The van der Waals surface area contributed by atoms with Gasteiger partial charge in [-0.1, -0.05) is 11.6 Å². The Morgan fingerprint density at radius 2 is 2.33 bits per heavy atom. The van der Waals surface area contributed by atoms with Gasteiger partial charge in [0.15, 0.2) is 0 Å². The first-order valence-electron chi connectivity index (χ1n) is 4.45. The van der Waals surface area contributed by atoms with E-state index in [1.54, 1.807) is 26.2 Å². The molecule has 0 fully saturated rings. The third kappa shape index (κ3) is 3.85. The number of ether oxygens (including phenoxy) is 2. The van der Waals surface area contributed by atoms with E-state index in [2.05, 4.69) is 4.98 Å². The van der Waals surface area contributed by atoms with Crippen LogP contribution in [-0.2, 0) is 9.47 Å². The van der Waals surface area contributed by atoms with Crippen molar-refractivity contribution in [2.75, 3.05) is 13.7 Å². The molecule has 1 rings (SSSR count). The maximum Gasteiger partial charge on any atom is 0.340 e. The van der Waals surface area contributed by atoms with Crippen LogP contribution in [0.15, 0.2) is 18.3 Å². The maximum absolute atomic E-state index is 11.5. The summed E-state index contributed by atoms with van der Waals surface area (Å²) in [5.41, 5.74) is 0.377. The van der Waals surface area contributed by atoms with Gasteiger partial charge in [0.1, 0.15) is 11.3 Å². The zero-order chi connectivity index (χ0) is 11.3. The lowest BCUT2D eigenvalue weighted by atomic mass is 10.3. The van der Waals surface area contributed by atoms with Crippen molar-refractivity contribution in [3.63, 3.8) is 0 Å². The summed E-state index contributed by atoms with van der Waals surface area (Å²) in [6, 6.07) is 3.11. The molecule has 0 aliphatic rings. The highest BCUT2D eigenvalue weighted by atomic mass is 35.5. The summed E-state index contributed by atoms with van der Waals surface area (Å²) in [6.07, 6.45) is 1.10. The van der Waals surface area contributed by atoms with Gasteiger partial charge in [-0.05, 0) is 19.1 Å². The maximum atomic E-state index is 11.5. The zero-order valence-corrected chi connectivity index (χ0v) is 9.32. The average molecular weight is 230 g/mol. The molecule has 0 aliphatic carbocycles. The Balaban J connectivity index is 2.57. The second kappa shape index (κ2) is 5.68. The highest BCUT2D eigenvalue weighted by Gasteiger charge is 2.11. The smallest absolute Gasteiger partial charge is 0.340 e. The third-order valence-electron chi connectivity index (χ3n) is 1.67. The fourth-order valence-electron chi connectivity index (χ4n) is 1.02. The molecule has 82 valence electrons. The van der Waals surface area contributed by atoms with Crippen LogP contribution in [0.5, 0.6) is 0 Å². The molecule has 0 amide bonds. The van der Waals surface area contributed by atoms with E-state index in [1.807, 2.05) is 0 Å². The predicted molar refractivity (Wildman–Crippen MR) is 56.0 cm³/mol. The van der Waals surface area contributed by atoms with Gasteiger partial charge in [-0.2, -0.15) is 0 Å². The molecule has 4 nitrogen and oxygen atoms in total. The summed E-state index contributed by atoms with van der Waals surface area (Å²) >= 11 is 5.59. The quantitative estimate of drug-likeness (QED) is 0.585. The normalized spacial score (nSPS) is 12.2. The van der Waals surface area contributed by atoms with Gasteiger partial charge in [-0.25, -0.2) is 9.78 Å². The molecular formula is C10H12ClNO3. The topological polar surface area (TPSA) is 48.4 Å².